The molecule has 8 heteroatoms. The zero-order chi connectivity index (χ0) is 21.1. The van der Waals surface area contributed by atoms with Crippen molar-refractivity contribution < 1.29 is 19.5 Å². The molecule has 1 saturated heterocycles. The molecule has 1 aromatic carbocycles. The van der Waals surface area contributed by atoms with Gasteiger partial charge in [0.2, 0.25) is 11.8 Å². The molecule has 1 fully saturated rings. The van der Waals surface area contributed by atoms with Gasteiger partial charge in [-0.05, 0) is 33.1 Å². The lowest BCUT2D eigenvalue weighted by atomic mass is 10.1. The molecule has 1 aromatic rings. The summed E-state index contributed by atoms with van der Waals surface area (Å²) < 4.78 is 0. The van der Waals surface area contributed by atoms with E-state index in [4.69, 9.17) is 16.2 Å². The maximum Gasteiger partial charge on any atom is 0.303 e. The molecule has 0 saturated carbocycles. The van der Waals surface area contributed by atoms with E-state index in [1.165, 1.54) is 5.56 Å². The van der Waals surface area contributed by atoms with Crippen molar-refractivity contribution in [2.24, 2.45) is 5.73 Å². The molecule has 5 N–H and O–H groups in total. The van der Waals surface area contributed by atoms with Crippen LogP contribution in [0, 0.1) is 12.3 Å². The summed E-state index contributed by atoms with van der Waals surface area (Å²) in [5.41, 5.74) is 7.22. The minimum Gasteiger partial charge on any atom is -0.481 e. The van der Waals surface area contributed by atoms with Crippen molar-refractivity contribution in [3.63, 3.8) is 0 Å². The number of carboxylic acid groups (broad SMARTS) is 1. The topological polar surface area (TPSA) is 137 Å². The van der Waals surface area contributed by atoms with Gasteiger partial charge in [-0.25, -0.2) is 0 Å². The van der Waals surface area contributed by atoms with Gasteiger partial charge in [0.25, 0.3) is 0 Å². The first-order chi connectivity index (χ1) is 13.2. The fourth-order valence-corrected chi connectivity index (χ4v) is 2.72. The first-order valence-corrected chi connectivity index (χ1v) is 9.41. The summed E-state index contributed by atoms with van der Waals surface area (Å²) in [7, 11) is 0. The molecule has 2 amide bonds. The maximum absolute atomic E-state index is 12.0. The highest BCUT2D eigenvalue weighted by Gasteiger charge is 2.23. The van der Waals surface area contributed by atoms with Crippen LogP contribution in [0.15, 0.2) is 24.3 Å². The molecule has 0 spiro atoms. The van der Waals surface area contributed by atoms with E-state index >= 15 is 0 Å². The highest BCUT2D eigenvalue weighted by molar-refractivity contribution is 5.94. The summed E-state index contributed by atoms with van der Waals surface area (Å²) in [5.74, 6) is -1.37. The number of carboxylic acids is 1. The predicted molar refractivity (Wildman–Crippen MR) is 107 cm³/mol. The number of aliphatic carboxylic acids is 1. The van der Waals surface area contributed by atoms with E-state index in [0.717, 1.165) is 37.9 Å². The monoisotopic (exact) mass is 390 g/mol. The van der Waals surface area contributed by atoms with Crippen LogP contribution in [0.3, 0.4) is 0 Å². The number of likely N-dealkylation sites (tertiary alicyclic amines) is 1. The van der Waals surface area contributed by atoms with Crippen molar-refractivity contribution in [2.75, 3.05) is 13.1 Å². The molecule has 0 radical (unpaired) electrons. The Kier molecular flexibility index (Phi) is 9.70. The fraction of sp³-hybridized carbons (Fsp3) is 0.500. The Morgan fingerprint density at radius 3 is 2.21 bits per heavy atom. The zero-order valence-electron chi connectivity index (χ0n) is 16.5. The summed E-state index contributed by atoms with van der Waals surface area (Å²) in [4.78, 5) is 35.4. The number of piperidine rings is 1. The van der Waals surface area contributed by atoms with E-state index in [-0.39, 0.29) is 24.6 Å². The number of nitrogens with two attached hydrogens (primary N) is 1. The quantitative estimate of drug-likeness (QED) is 0.432. The molecule has 1 aliphatic heterocycles. The first-order valence-electron chi connectivity index (χ1n) is 9.41. The smallest absolute Gasteiger partial charge is 0.303 e. The second kappa shape index (κ2) is 11.7. The van der Waals surface area contributed by atoms with Crippen molar-refractivity contribution in [1.29, 1.82) is 5.41 Å². The van der Waals surface area contributed by atoms with Crippen LogP contribution in [0.4, 0.5) is 0 Å². The van der Waals surface area contributed by atoms with Crippen LogP contribution < -0.4 is 11.1 Å². The van der Waals surface area contributed by atoms with Gasteiger partial charge in [-0.2, -0.15) is 0 Å². The summed E-state index contributed by atoms with van der Waals surface area (Å²) >= 11 is 0. The van der Waals surface area contributed by atoms with Crippen LogP contribution in [0.5, 0.6) is 0 Å². The highest BCUT2D eigenvalue weighted by Crippen LogP contribution is 2.10. The summed E-state index contributed by atoms with van der Waals surface area (Å²) in [6.07, 6.45) is 2.85. The minimum atomic E-state index is -1.01. The van der Waals surface area contributed by atoms with Gasteiger partial charge in [0.1, 0.15) is 11.9 Å². The molecule has 28 heavy (non-hydrogen) atoms. The van der Waals surface area contributed by atoms with Crippen molar-refractivity contribution >= 4 is 23.6 Å². The number of carbonyl (C=O) groups excluding carboxylic acids is 2. The number of nitrogen functional groups attached to an aromatic ring is 1. The van der Waals surface area contributed by atoms with Gasteiger partial charge in [-0.3, -0.25) is 19.8 Å². The van der Waals surface area contributed by atoms with E-state index in [0.29, 0.717) is 0 Å². The summed E-state index contributed by atoms with van der Waals surface area (Å²) in [6, 6.07) is 6.99. The maximum atomic E-state index is 12.0. The molecule has 8 nitrogen and oxygen atoms in total. The molecule has 1 heterocycles. The summed E-state index contributed by atoms with van der Waals surface area (Å²) in [6.45, 7) is 5.13. The average Bonchev–Trinajstić information content (AvgIpc) is 2.67. The van der Waals surface area contributed by atoms with Gasteiger partial charge in [-0.15, -0.1) is 0 Å². The number of hydrogen-bond donors (Lipinski definition) is 4. The van der Waals surface area contributed by atoms with Crippen LogP contribution in [-0.2, 0) is 14.4 Å². The molecular formula is C20H30N4O4. The predicted octanol–water partition coefficient (Wildman–Crippen LogP) is 1.65. The molecule has 0 aliphatic carbocycles. The van der Waals surface area contributed by atoms with Gasteiger partial charge >= 0.3 is 5.97 Å². The molecular weight excluding hydrogens is 360 g/mol. The number of hydrogen-bond acceptors (Lipinski definition) is 4. The Balaban J connectivity index is 0.000000330. The molecule has 0 aromatic heterocycles. The van der Waals surface area contributed by atoms with Crippen molar-refractivity contribution in [1.82, 2.24) is 10.2 Å². The molecule has 2 rings (SSSR count). The first kappa shape index (κ1) is 23.1. The lowest BCUT2D eigenvalue weighted by molar-refractivity contribution is -0.139. The third-order valence-electron chi connectivity index (χ3n) is 4.34. The molecule has 1 unspecified atom stereocenters. The Bertz CT molecular complexity index is 682. The van der Waals surface area contributed by atoms with Crippen LogP contribution in [-0.4, -0.2) is 52.8 Å². The molecule has 1 atom stereocenters. The number of nitrogens with one attached hydrogen (secondary N) is 2. The van der Waals surface area contributed by atoms with E-state index in [9.17, 15) is 14.4 Å². The van der Waals surface area contributed by atoms with Crippen molar-refractivity contribution in [3.8, 4) is 0 Å². The zero-order valence-corrected chi connectivity index (χ0v) is 16.5. The highest BCUT2D eigenvalue weighted by atomic mass is 16.4. The number of amides is 2. The van der Waals surface area contributed by atoms with Gasteiger partial charge in [0.15, 0.2) is 0 Å². The number of rotatable bonds is 6. The Hall–Kier alpha value is -2.90. The SMILES string of the molecule is CC(NC(=O)CCC(=O)O)C(=O)N1CCCCC1.Cc1ccc(C(=N)N)cc1. The van der Waals surface area contributed by atoms with E-state index in [1.54, 1.807) is 11.8 Å². The Morgan fingerprint density at radius 2 is 1.71 bits per heavy atom. The van der Waals surface area contributed by atoms with Crippen LogP contribution in [0.25, 0.3) is 0 Å². The lowest BCUT2D eigenvalue weighted by Gasteiger charge is -2.29. The van der Waals surface area contributed by atoms with Gasteiger partial charge in [-0.1, -0.05) is 29.8 Å². The van der Waals surface area contributed by atoms with Crippen molar-refractivity contribution in [3.05, 3.63) is 35.4 Å². The summed E-state index contributed by atoms with van der Waals surface area (Å²) in [5, 5.41) is 18.1. The lowest BCUT2D eigenvalue weighted by Crippen LogP contribution is -2.48. The molecule has 154 valence electrons. The van der Waals surface area contributed by atoms with Crippen LogP contribution >= 0.6 is 0 Å². The second-order valence-electron chi connectivity index (χ2n) is 6.85. The second-order valence-corrected chi connectivity index (χ2v) is 6.85. The van der Waals surface area contributed by atoms with Gasteiger partial charge in [0.05, 0.1) is 6.42 Å². The Morgan fingerprint density at radius 1 is 1.14 bits per heavy atom. The van der Waals surface area contributed by atoms with E-state index in [2.05, 4.69) is 5.32 Å². The largest absolute Gasteiger partial charge is 0.481 e. The molecule has 0 bridgehead atoms. The molecule has 1 aliphatic rings. The van der Waals surface area contributed by atoms with Gasteiger partial charge < -0.3 is 21.1 Å². The van der Waals surface area contributed by atoms with Crippen LogP contribution in [0.1, 0.15) is 50.2 Å². The van der Waals surface area contributed by atoms with Gasteiger partial charge in [0, 0.05) is 25.1 Å². The number of carbonyl (C=O) groups is 3. The fourth-order valence-electron chi connectivity index (χ4n) is 2.72. The standard InChI is InChI=1S/C12H20N2O4.C8H10N2/c1-9(13-10(15)5-6-11(16)17)12(18)14-7-3-2-4-8-14;1-6-2-4-7(5-3-6)8(9)10/h9H,2-8H2,1H3,(H,13,15)(H,16,17);2-5H,1H3,(H3,9,10). The number of amidine groups is 1. The Labute approximate surface area is 165 Å². The number of nitrogens with zero attached hydrogens (tertiary/aromatic N) is 1. The van der Waals surface area contributed by atoms with E-state index < -0.39 is 17.9 Å². The normalized spacial score (nSPS) is 14.3. The van der Waals surface area contributed by atoms with E-state index in [1.807, 2.05) is 31.2 Å². The number of benzene rings is 1. The van der Waals surface area contributed by atoms with Crippen molar-refractivity contribution in [2.45, 2.75) is 52.0 Å². The minimum absolute atomic E-state index is 0.0848. The third-order valence-corrected chi connectivity index (χ3v) is 4.34. The number of aryl methyl sites for hydroxylation is 1. The third kappa shape index (κ3) is 8.66. The van der Waals surface area contributed by atoms with Crippen LogP contribution in [0.2, 0.25) is 0 Å². The average molecular weight is 390 g/mol.